The summed E-state index contributed by atoms with van der Waals surface area (Å²) < 4.78 is 26.7. The van der Waals surface area contributed by atoms with Gasteiger partial charge in [0, 0.05) is 32.1 Å². The van der Waals surface area contributed by atoms with Gasteiger partial charge in [0.05, 0.1) is 6.10 Å². The second-order valence-corrected chi connectivity index (χ2v) is 7.35. The number of β-amino-alcohol motifs (C(OH)–C–C–N with tert-alkyl or cyclic N) is 1. The summed E-state index contributed by atoms with van der Waals surface area (Å²) in [5.74, 6) is -1.17. The molecular weight excluding hydrogens is 314 g/mol. The largest absolute Gasteiger partial charge is 0.392 e. The minimum Gasteiger partial charge on any atom is -0.392 e. The minimum atomic E-state index is -0.613. The Kier molecular flexibility index (Phi) is 4.88. The van der Waals surface area contributed by atoms with Crippen LogP contribution in [0.3, 0.4) is 0 Å². The predicted molar refractivity (Wildman–Crippen MR) is 86.2 cm³/mol. The number of aliphatic hydroxyl groups is 1. The number of hydrogen-bond acceptors (Lipinski definition) is 3. The van der Waals surface area contributed by atoms with Gasteiger partial charge in [0.25, 0.3) is 0 Å². The van der Waals surface area contributed by atoms with Crippen LogP contribution in [0, 0.1) is 17.0 Å². The first-order valence-corrected chi connectivity index (χ1v) is 8.48. The van der Waals surface area contributed by atoms with Crippen LogP contribution in [-0.2, 0) is 11.3 Å². The van der Waals surface area contributed by atoms with Crippen LogP contribution in [0.2, 0.25) is 0 Å². The molecule has 1 amide bonds. The summed E-state index contributed by atoms with van der Waals surface area (Å²) in [5, 5.41) is 9.49. The van der Waals surface area contributed by atoms with Gasteiger partial charge in [0.15, 0.2) is 0 Å². The summed E-state index contributed by atoms with van der Waals surface area (Å²) in [6, 6.07) is 3.41. The van der Waals surface area contributed by atoms with Crippen molar-refractivity contribution in [1.82, 2.24) is 9.80 Å². The maximum atomic E-state index is 13.3. The van der Waals surface area contributed by atoms with E-state index in [0.29, 0.717) is 25.1 Å². The smallest absolute Gasteiger partial charge is 0.223 e. The monoisotopic (exact) mass is 338 g/mol. The molecule has 0 radical (unpaired) electrons. The predicted octanol–water partition coefficient (Wildman–Crippen LogP) is 2.16. The summed E-state index contributed by atoms with van der Waals surface area (Å²) in [6.07, 6.45) is 2.00. The third kappa shape index (κ3) is 3.92. The van der Waals surface area contributed by atoms with Crippen LogP contribution in [0.25, 0.3) is 0 Å². The van der Waals surface area contributed by atoms with E-state index in [1.54, 1.807) is 11.8 Å². The number of rotatable bonds is 4. The van der Waals surface area contributed by atoms with Gasteiger partial charge in [0.1, 0.15) is 11.6 Å². The number of halogens is 2. The second-order valence-electron chi connectivity index (χ2n) is 7.35. The molecular formula is C18H24F2N2O2. The van der Waals surface area contributed by atoms with E-state index in [-0.39, 0.29) is 24.0 Å². The first-order chi connectivity index (χ1) is 11.3. The van der Waals surface area contributed by atoms with Crippen LogP contribution in [-0.4, -0.2) is 53.1 Å². The van der Waals surface area contributed by atoms with Gasteiger partial charge >= 0.3 is 0 Å². The Labute approximate surface area is 141 Å². The van der Waals surface area contributed by atoms with Gasteiger partial charge in [-0.2, -0.15) is 0 Å². The van der Waals surface area contributed by atoms with E-state index in [1.807, 2.05) is 0 Å². The maximum Gasteiger partial charge on any atom is 0.223 e. The van der Waals surface area contributed by atoms with Crippen molar-refractivity contribution in [3.8, 4) is 0 Å². The quantitative estimate of drug-likeness (QED) is 0.915. The second kappa shape index (κ2) is 6.76. The van der Waals surface area contributed by atoms with Gasteiger partial charge in [-0.1, -0.05) is 0 Å². The molecule has 1 aromatic carbocycles. The van der Waals surface area contributed by atoms with E-state index in [4.69, 9.17) is 0 Å². The van der Waals surface area contributed by atoms with Gasteiger partial charge in [-0.15, -0.1) is 0 Å². The first-order valence-electron chi connectivity index (χ1n) is 8.48. The topological polar surface area (TPSA) is 43.8 Å². The van der Waals surface area contributed by atoms with Crippen LogP contribution in [0.1, 0.15) is 31.7 Å². The summed E-state index contributed by atoms with van der Waals surface area (Å²) in [7, 11) is 0. The molecule has 1 atom stereocenters. The van der Waals surface area contributed by atoms with Crippen molar-refractivity contribution >= 4 is 5.91 Å². The SMILES string of the molecule is CC(O)CN1CCC2(CC1)CC(=O)N(Cc1cc(F)cc(F)c1)C2. The summed E-state index contributed by atoms with van der Waals surface area (Å²) in [5.41, 5.74) is 0.461. The zero-order valence-corrected chi connectivity index (χ0v) is 14.0. The van der Waals surface area contributed by atoms with Crippen molar-refractivity contribution in [2.75, 3.05) is 26.2 Å². The maximum absolute atomic E-state index is 13.3. The molecule has 24 heavy (non-hydrogen) atoms. The fourth-order valence-electron chi connectivity index (χ4n) is 3.97. The molecule has 2 aliphatic rings. The van der Waals surface area contributed by atoms with Crippen molar-refractivity contribution in [1.29, 1.82) is 0 Å². The highest BCUT2D eigenvalue weighted by Crippen LogP contribution is 2.41. The Bertz CT molecular complexity index is 593. The zero-order chi connectivity index (χ0) is 17.3. The molecule has 2 fully saturated rings. The summed E-state index contributed by atoms with van der Waals surface area (Å²) >= 11 is 0. The number of likely N-dealkylation sites (tertiary alicyclic amines) is 2. The molecule has 6 heteroatoms. The number of carbonyl (C=O) groups is 1. The molecule has 2 aliphatic heterocycles. The van der Waals surface area contributed by atoms with E-state index < -0.39 is 11.6 Å². The van der Waals surface area contributed by atoms with E-state index in [2.05, 4.69) is 4.90 Å². The highest BCUT2D eigenvalue weighted by atomic mass is 19.1. The highest BCUT2D eigenvalue weighted by molar-refractivity contribution is 5.79. The van der Waals surface area contributed by atoms with Gasteiger partial charge in [0.2, 0.25) is 5.91 Å². The molecule has 0 bridgehead atoms. The fraction of sp³-hybridized carbons (Fsp3) is 0.611. The standard InChI is InChI=1S/C18H24F2N2O2/c1-13(23)10-21-4-2-18(3-5-21)9-17(24)22(12-18)11-14-6-15(19)8-16(20)7-14/h6-8,13,23H,2-5,9-12H2,1H3. The van der Waals surface area contributed by atoms with Crippen LogP contribution in [0.15, 0.2) is 18.2 Å². The first kappa shape index (κ1) is 17.3. The van der Waals surface area contributed by atoms with E-state index in [9.17, 15) is 18.7 Å². The van der Waals surface area contributed by atoms with Crippen LogP contribution < -0.4 is 0 Å². The van der Waals surface area contributed by atoms with Crippen molar-refractivity contribution in [3.05, 3.63) is 35.4 Å². The lowest BCUT2D eigenvalue weighted by atomic mass is 9.77. The number of hydrogen-bond donors (Lipinski definition) is 1. The molecule has 1 N–H and O–H groups in total. The number of nitrogens with zero attached hydrogens (tertiary/aromatic N) is 2. The Balaban J connectivity index is 1.62. The molecule has 0 saturated carbocycles. The molecule has 0 aromatic heterocycles. The van der Waals surface area contributed by atoms with Crippen molar-refractivity contribution in [2.45, 2.75) is 38.8 Å². The van der Waals surface area contributed by atoms with Gasteiger partial charge in [-0.05, 0) is 56.0 Å². The fourth-order valence-corrected chi connectivity index (χ4v) is 3.97. The molecule has 3 rings (SSSR count). The number of benzene rings is 1. The molecule has 0 aliphatic carbocycles. The average Bonchev–Trinajstić information content (AvgIpc) is 2.76. The lowest BCUT2D eigenvalue weighted by Gasteiger charge is -2.39. The van der Waals surface area contributed by atoms with Crippen LogP contribution in [0.5, 0.6) is 0 Å². The van der Waals surface area contributed by atoms with E-state index in [0.717, 1.165) is 32.0 Å². The number of piperidine rings is 1. The molecule has 1 spiro atoms. The van der Waals surface area contributed by atoms with Crippen LogP contribution >= 0.6 is 0 Å². The molecule has 132 valence electrons. The van der Waals surface area contributed by atoms with Crippen molar-refractivity contribution in [3.63, 3.8) is 0 Å². The minimum absolute atomic E-state index is 0.0296. The highest BCUT2D eigenvalue weighted by Gasteiger charge is 2.44. The zero-order valence-electron chi connectivity index (χ0n) is 14.0. The normalized spacial score (nSPS) is 22.3. The lowest BCUT2D eigenvalue weighted by molar-refractivity contribution is -0.128. The average molecular weight is 338 g/mol. The van der Waals surface area contributed by atoms with Crippen molar-refractivity contribution < 1.29 is 18.7 Å². The molecule has 2 saturated heterocycles. The Morgan fingerprint density at radius 2 is 1.83 bits per heavy atom. The Morgan fingerprint density at radius 1 is 1.21 bits per heavy atom. The number of carbonyl (C=O) groups excluding carboxylic acids is 1. The van der Waals surface area contributed by atoms with Crippen molar-refractivity contribution in [2.24, 2.45) is 5.41 Å². The van der Waals surface area contributed by atoms with Gasteiger partial charge in [-0.25, -0.2) is 8.78 Å². The van der Waals surface area contributed by atoms with E-state index in [1.165, 1.54) is 12.1 Å². The Hall–Kier alpha value is -1.53. The molecule has 4 nitrogen and oxygen atoms in total. The summed E-state index contributed by atoms with van der Waals surface area (Å²) in [6.45, 7) is 5.10. The van der Waals surface area contributed by atoms with Gasteiger partial charge < -0.3 is 14.9 Å². The van der Waals surface area contributed by atoms with Gasteiger partial charge in [-0.3, -0.25) is 4.79 Å². The van der Waals surface area contributed by atoms with E-state index >= 15 is 0 Å². The molecule has 2 heterocycles. The molecule has 1 aromatic rings. The lowest BCUT2D eigenvalue weighted by Crippen LogP contribution is -2.43. The third-order valence-corrected chi connectivity index (χ3v) is 5.14. The third-order valence-electron chi connectivity index (χ3n) is 5.14. The number of amides is 1. The van der Waals surface area contributed by atoms with Crippen LogP contribution in [0.4, 0.5) is 8.78 Å². The Morgan fingerprint density at radius 3 is 2.42 bits per heavy atom. The summed E-state index contributed by atoms with van der Waals surface area (Å²) in [4.78, 5) is 16.3. The molecule has 1 unspecified atom stereocenters. The number of aliphatic hydroxyl groups excluding tert-OH is 1.